The van der Waals surface area contributed by atoms with Crippen LogP contribution in [0.15, 0.2) is 53.4 Å². The maximum Gasteiger partial charge on any atom is 0.244 e. The van der Waals surface area contributed by atoms with Gasteiger partial charge in [0.15, 0.2) is 9.84 Å². The quantitative estimate of drug-likeness (QED) is 0.658. The summed E-state index contributed by atoms with van der Waals surface area (Å²) in [5.74, 6) is -1.34. The van der Waals surface area contributed by atoms with Crippen LogP contribution in [0, 0.1) is 5.82 Å². The molecule has 1 amide bonds. The van der Waals surface area contributed by atoms with E-state index >= 15 is 0 Å². The Balaban J connectivity index is 2.31. The second kappa shape index (κ2) is 9.13. The second-order valence-electron chi connectivity index (χ2n) is 7.01. The topological polar surface area (TPSA) is 101 Å². The Hall–Kier alpha value is -2.46. The van der Waals surface area contributed by atoms with Crippen LogP contribution in [0.2, 0.25) is 0 Å². The van der Waals surface area contributed by atoms with Crippen LogP contribution in [0.5, 0.6) is 0 Å². The van der Waals surface area contributed by atoms with Crippen LogP contribution in [0.25, 0.3) is 0 Å². The molecule has 2 atom stereocenters. The smallest absolute Gasteiger partial charge is 0.244 e. The molecule has 0 unspecified atom stereocenters. The van der Waals surface area contributed by atoms with Crippen molar-refractivity contribution < 1.29 is 26.0 Å². The highest BCUT2D eigenvalue weighted by molar-refractivity contribution is 7.92. The van der Waals surface area contributed by atoms with E-state index in [2.05, 4.69) is 5.32 Å². The first kappa shape index (κ1) is 23.8. The lowest BCUT2D eigenvalue weighted by Gasteiger charge is -2.31. The van der Waals surface area contributed by atoms with Gasteiger partial charge in [0.2, 0.25) is 15.9 Å². The molecule has 0 aliphatic heterocycles. The number of benzene rings is 2. The summed E-state index contributed by atoms with van der Waals surface area (Å²) in [6.45, 7) is 3.32. The molecule has 2 aromatic rings. The van der Waals surface area contributed by atoms with Crippen molar-refractivity contribution in [3.05, 3.63) is 59.9 Å². The van der Waals surface area contributed by atoms with E-state index in [-0.39, 0.29) is 17.0 Å². The molecule has 0 radical (unpaired) electrons. The van der Waals surface area contributed by atoms with Gasteiger partial charge in [0, 0.05) is 6.26 Å². The van der Waals surface area contributed by atoms with Gasteiger partial charge in [0.05, 0.1) is 22.9 Å². The first-order valence-corrected chi connectivity index (χ1v) is 12.9. The molecule has 2 aromatic carbocycles. The minimum Gasteiger partial charge on any atom is -0.348 e. The van der Waals surface area contributed by atoms with Gasteiger partial charge in [-0.15, -0.1) is 0 Å². The van der Waals surface area contributed by atoms with Crippen LogP contribution < -0.4 is 9.62 Å². The zero-order valence-electron chi connectivity index (χ0n) is 17.2. The standard InChI is InChI=1S/C20H25FN2O5S2/c1-5-18(23(30(4,27)28)19-9-7-6-8-17(19)21)20(24)22-14(2)15-10-12-16(13-11-15)29(3,25)26/h6-14,18H,5H2,1-4H3,(H,22,24)/t14-,18+/m0/s1. The van der Waals surface area contributed by atoms with Crippen LogP contribution in [0.3, 0.4) is 0 Å². The molecule has 7 nitrogen and oxygen atoms in total. The fraction of sp³-hybridized carbons (Fsp3) is 0.350. The minimum absolute atomic E-state index is 0.118. The average molecular weight is 457 g/mol. The van der Waals surface area contributed by atoms with Gasteiger partial charge in [-0.3, -0.25) is 9.10 Å². The van der Waals surface area contributed by atoms with Crippen LogP contribution in [0.4, 0.5) is 10.1 Å². The number of para-hydroxylation sites is 1. The van der Waals surface area contributed by atoms with Crippen LogP contribution in [-0.2, 0) is 24.7 Å². The highest BCUT2D eigenvalue weighted by Gasteiger charge is 2.33. The summed E-state index contributed by atoms with van der Waals surface area (Å²) in [6, 6.07) is 9.71. The number of nitrogens with one attached hydrogen (secondary N) is 1. The third-order valence-corrected chi connectivity index (χ3v) is 6.88. The number of hydrogen-bond acceptors (Lipinski definition) is 5. The number of nitrogens with zero attached hydrogens (tertiary/aromatic N) is 1. The van der Waals surface area contributed by atoms with Crippen LogP contribution in [-0.4, -0.2) is 41.3 Å². The Bertz CT molecular complexity index is 1120. The lowest BCUT2D eigenvalue weighted by molar-refractivity contribution is -0.122. The largest absolute Gasteiger partial charge is 0.348 e. The number of anilines is 1. The molecule has 1 N–H and O–H groups in total. The molecule has 0 saturated carbocycles. The predicted octanol–water partition coefficient (Wildman–Crippen LogP) is 2.65. The van der Waals surface area contributed by atoms with Crippen molar-refractivity contribution in [3.8, 4) is 0 Å². The SMILES string of the molecule is CC[C@H](C(=O)N[C@@H](C)c1ccc(S(C)(=O)=O)cc1)N(c1ccccc1F)S(C)(=O)=O. The summed E-state index contributed by atoms with van der Waals surface area (Å²) < 4.78 is 63.1. The maximum absolute atomic E-state index is 14.3. The van der Waals surface area contributed by atoms with E-state index in [1.807, 2.05) is 0 Å². The van der Waals surface area contributed by atoms with E-state index in [4.69, 9.17) is 0 Å². The summed E-state index contributed by atoms with van der Waals surface area (Å²) in [5.41, 5.74) is 0.439. The fourth-order valence-corrected chi connectivity index (χ4v) is 4.91. The fourth-order valence-electron chi connectivity index (χ4n) is 3.06. The third-order valence-electron chi connectivity index (χ3n) is 4.59. The predicted molar refractivity (Wildman–Crippen MR) is 114 cm³/mol. The van der Waals surface area contributed by atoms with Gasteiger partial charge in [0.1, 0.15) is 11.9 Å². The zero-order valence-corrected chi connectivity index (χ0v) is 18.8. The highest BCUT2D eigenvalue weighted by Crippen LogP contribution is 2.26. The Morgan fingerprint density at radius 2 is 1.60 bits per heavy atom. The number of carbonyl (C=O) groups excluding carboxylic acids is 1. The Kier molecular flexibility index (Phi) is 7.25. The lowest BCUT2D eigenvalue weighted by atomic mass is 10.1. The van der Waals surface area contributed by atoms with Gasteiger partial charge in [-0.1, -0.05) is 31.2 Å². The molecule has 0 spiro atoms. The summed E-state index contributed by atoms with van der Waals surface area (Å²) in [5, 5.41) is 2.73. The lowest BCUT2D eigenvalue weighted by Crippen LogP contribution is -2.50. The monoisotopic (exact) mass is 456 g/mol. The number of sulfonamides is 1. The van der Waals surface area contributed by atoms with E-state index in [0.29, 0.717) is 5.56 Å². The number of rotatable bonds is 8. The molecule has 0 saturated heterocycles. The van der Waals surface area contributed by atoms with E-state index in [1.54, 1.807) is 26.0 Å². The molecule has 0 aliphatic carbocycles. The number of amides is 1. The second-order valence-corrected chi connectivity index (χ2v) is 10.9. The van der Waals surface area contributed by atoms with E-state index < -0.39 is 43.7 Å². The van der Waals surface area contributed by atoms with Gasteiger partial charge >= 0.3 is 0 Å². The first-order chi connectivity index (χ1) is 13.9. The molecular weight excluding hydrogens is 431 g/mol. The summed E-state index contributed by atoms with van der Waals surface area (Å²) >= 11 is 0. The van der Waals surface area contributed by atoms with Crippen molar-refractivity contribution in [3.63, 3.8) is 0 Å². The van der Waals surface area contributed by atoms with Gasteiger partial charge < -0.3 is 5.32 Å². The summed E-state index contributed by atoms with van der Waals surface area (Å²) in [4.78, 5) is 13.1. The van der Waals surface area contributed by atoms with Gasteiger partial charge in [-0.2, -0.15) is 0 Å². The van der Waals surface area contributed by atoms with Gasteiger partial charge in [-0.05, 0) is 43.2 Å². The van der Waals surface area contributed by atoms with Crippen molar-refractivity contribution in [1.82, 2.24) is 5.32 Å². The molecule has 0 aliphatic rings. The molecule has 0 fully saturated rings. The van der Waals surface area contributed by atoms with Gasteiger partial charge in [-0.25, -0.2) is 21.2 Å². The first-order valence-electron chi connectivity index (χ1n) is 9.20. The Labute approximate surface area is 176 Å². The van der Waals surface area contributed by atoms with Gasteiger partial charge in [0.25, 0.3) is 0 Å². The summed E-state index contributed by atoms with van der Waals surface area (Å²) in [6.07, 6.45) is 2.14. The third kappa shape index (κ3) is 5.57. The average Bonchev–Trinajstić information content (AvgIpc) is 2.65. The van der Waals surface area contributed by atoms with Crippen molar-refractivity contribution in [2.75, 3.05) is 16.8 Å². The van der Waals surface area contributed by atoms with Crippen molar-refractivity contribution >= 4 is 31.5 Å². The number of halogens is 1. The number of sulfone groups is 1. The maximum atomic E-state index is 14.3. The normalized spacial score (nSPS) is 14.0. The highest BCUT2D eigenvalue weighted by atomic mass is 32.2. The van der Waals surface area contributed by atoms with Crippen molar-refractivity contribution in [2.45, 2.75) is 37.2 Å². The molecule has 164 valence electrons. The van der Waals surface area contributed by atoms with Crippen molar-refractivity contribution in [1.29, 1.82) is 0 Å². The molecule has 0 heterocycles. The summed E-state index contributed by atoms with van der Waals surface area (Å²) in [7, 11) is -7.30. The molecule has 2 rings (SSSR count). The van der Waals surface area contributed by atoms with Crippen LogP contribution >= 0.6 is 0 Å². The molecule has 30 heavy (non-hydrogen) atoms. The van der Waals surface area contributed by atoms with E-state index in [1.165, 1.54) is 30.3 Å². The van der Waals surface area contributed by atoms with Crippen LogP contribution in [0.1, 0.15) is 31.9 Å². The Morgan fingerprint density at radius 1 is 1.03 bits per heavy atom. The Morgan fingerprint density at radius 3 is 2.07 bits per heavy atom. The number of carbonyl (C=O) groups is 1. The number of hydrogen-bond donors (Lipinski definition) is 1. The molecular formula is C20H25FN2O5S2. The molecule has 0 bridgehead atoms. The molecule has 10 heteroatoms. The minimum atomic E-state index is -3.95. The zero-order chi connectivity index (χ0) is 22.7. The van der Waals surface area contributed by atoms with E-state index in [0.717, 1.165) is 22.9 Å². The van der Waals surface area contributed by atoms with E-state index in [9.17, 15) is 26.0 Å². The molecule has 0 aromatic heterocycles. The van der Waals surface area contributed by atoms with Crippen molar-refractivity contribution in [2.24, 2.45) is 0 Å².